The van der Waals surface area contributed by atoms with Gasteiger partial charge in [-0.3, -0.25) is 4.79 Å². The molecule has 0 fully saturated rings. The van der Waals surface area contributed by atoms with Gasteiger partial charge in [0.15, 0.2) is 0 Å². The molecule has 0 radical (unpaired) electrons. The Morgan fingerprint density at radius 2 is 1.67 bits per heavy atom. The van der Waals surface area contributed by atoms with Crippen molar-refractivity contribution in [3.05, 3.63) is 47.5 Å². The van der Waals surface area contributed by atoms with E-state index in [1.54, 1.807) is 44.2 Å². The summed E-state index contributed by atoms with van der Waals surface area (Å²) in [6, 6.07) is 8.73. The lowest BCUT2D eigenvalue weighted by Gasteiger charge is -2.38. The van der Waals surface area contributed by atoms with E-state index in [1.807, 2.05) is 19.9 Å². The largest absolute Gasteiger partial charge is 0.366 e. The van der Waals surface area contributed by atoms with E-state index in [4.69, 9.17) is 10.6 Å². The maximum absolute atomic E-state index is 12.2. The molecule has 1 amide bonds. The number of benzene rings is 1. The lowest BCUT2D eigenvalue weighted by atomic mass is 9.96. The van der Waals surface area contributed by atoms with Gasteiger partial charge >= 0.3 is 5.97 Å². The van der Waals surface area contributed by atoms with Crippen LogP contribution < -0.4 is 5.73 Å². The fourth-order valence-electron chi connectivity index (χ4n) is 2.73. The van der Waals surface area contributed by atoms with Crippen LogP contribution in [-0.4, -0.2) is 28.0 Å². The number of nitrogens with zero attached hydrogens (tertiary/aromatic N) is 1. The van der Waals surface area contributed by atoms with Crippen LogP contribution in [0.5, 0.6) is 0 Å². The van der Waals surface area contributed by atoms with Crippen LogP contribution in [0.3, 0.4) is 0 Å². The number of carbonyl (C=O) groups is 2. The molecule has 1 aliphatic rings. The number of primary amides is 1. The zero-order valence-electron chi connectivity index (χ0n) is 12.7. The van der Waals surface area contributed by atoms with Crippen molar-refractivity contribution in [2.75, 3.05) is 0 Å². The summed E-state index contributed by atoms with van der Waals surface area (Å²) in [4.78, 5) is 29.4. The van der Waals surface area contributed by atoms with Crippen molar-refractivity contribution in [1.82, 2.24) is 5.06 Å². The molecule has 1 aromatic carbocycles. The van der Waals surface area contributed by atoms with Crippen LogP contribution in [0.1, 0.15) is 38.1 Å². The summed E-state index contributed by atoms with van der Waals surface area (Å²) in [5, 5.41) is 1.52. The van der Waals surface area contributed by atoms with Crippen LogP contribution in [-0.2, 0) is 9.63 Å². The van der Waals surface area contributed by atoms with Crippen molar-refractivity contribution < 1.29 is 14.4 Å². The molecular weight excluding hydrogens is 268 g/mol. The summed E-state index contributed by atoms with van der Waals surface area (Å²) in [5.41, 5.74) is 4.93. The lowest BCUT2D eigenvalue weighted by Crippen LogP contribution is -2.52. The molecule has 0 atom stereocenters. The van der Waals surface area contributed by atoms with E-state index in [1.165, 1.54) is 5.06 Å². The molecule has 1 aliphatic heterocycles. The molecule has 0 aromatic heterocycles. The third kappa shape index (κ3) is 2.69. The smallest absolute Gasteiger partial charge is 0.357 e. The van der Waals surface area contributed by atoms with E-state index < -0.39 is 23.0 Å². The summed E-state index contributed by atoms with van der Waals surface area (Å²) in [6.07, 6.45) is 1.74. The maximum Gasteiger partial charge on any atom is 0.357 e. The van der Waals surface area contributed by atoms with Gasteiger partial charge < -0.3 is 10.6 Å². The van der Waals surface area contributed by atoms with Crippen LogP contribution in [0.15, 0.2) is 42.0 Å². The molecule has 112 valence electrons. The van der Waals surface area contributed by atoms with Gasteiger partial charge in [0.1, 0.15) is 0 Å². The number of rotatable bonds is 3. The van der Waals surface area contributed by atoms with E-state index in [2.05, 4.69) is 0 Å². The SMILES string of the molecule is CC1(C)C=C(C(N)=O)C(C)(C)N1OC(=O)c1ccccc1. The molecule has 2 N–H and O–H groups in total. The van der Waals surface area contributed by atoms with Crippen molar-refractivity contribution >= 4 is 11.9 Å². The molecule has 1 heterocycles. The summed E-state index contributed by atoms with van der Waals surface area (Å²) >= 11 is 0. The highest BCUT2D eigenvalue weighted by Gasteiger charge is 2.50. The highest BCUT2D eigenvalue weighted by atomic mass is 16.7. The number of hydrogen-bond acceptors (Lipinski definition) is 4. The first-order chi connectivity index (χ1) is 9.66. The van der Waals surface area contributed by atoms with Crippen molar-refractivity contribution in [1.29, 1.82) is 0 Å². The Morgan fingerprint density at radius 1 is 1.10 bits per heavy atom. The summed E-state index contributed by atoms with van der Waals surface area (Å²) in [6.45, 7) is 7.33. The molecule has 21 heavy (non-hydrogen) atoms. The third-order valence-corrected chi connectivity index (χ3v) is 3.64. The van der Waals surface area contributed by atoms with Gasteiger partial charge in [0.25, 0.3) is 0 Å². The monoisotopic (exact) mass is 288 g/mol. The minimum Gasteiger partial charge on any atom is -0.366 e. The summed E-state index contributed by atoms with van der Waals surface area (Å²) < 4.78 is 0. The number of carbonyl (C=O) groups excluding carboxylic acids is 2. The van der Waals surface area contributed by atoms with Crippen LogP contribution in [0.4, 0.5) is 0 Å². The first kappa shape index (κ1) is 15.3. The predicted octanol–water partition coefficient (Wildman–Crippen LogP) is 2.04. The number of hydroxylamine groups is 2. The minimum atomic E-state index is -0.778. The standard InChI is InChI=1S/C16H20N2O3/c1-15(2)10-12(13(17)19)16(3,4)18(15)21-14(20)11-8-6-5-7-9-11/h5-10H,1-4H3,(H2,17,19). The molecule has 0 unspecified atom stereocenters. The molecule has 5 heteroatoms. The second-order valence-electron chi connectivity index (χ2n) is 6.17. The zero-order valence-corrected chi connectivity index (χ0v) is 12.7. The average molecular weight is 288 g/mol. The van der Waals surface area contributed by atoms with E-state index >= 15 is 0 Å². The summed E-state index contributed by atoms with van der Waals surface area (Å²) in [7, 11) is 0. The molecule has 0 spiro atoms. The van der Waals surface area contributed by atoms with Gasteiger partial charge in [-0.2, -0.15) is 0 Å². The molecule has 0 bridgehead atoms. The zero-order chi connectivity index (χ0) is 15.8. The topological polar surface area (TPSA) is 72.6 Å². The van der Waals surface area contributed by atoms with Gasteiger partial charge in [0, 0.05) is 5.57 Å². The fraction of sp³-hybridized carbons (Fsp3) is 0.375. The van der Waals surface area contributed by atoms with Gasteiger partial charge in [-0.05, 0) is 39.8 Å². The third-order valence-electron chi connectivity index (χ3n) is 3.64. The Bertz CT molecular complexity index is 603. The van der Waals surface area contributed by atoms with Gasteiger partial charge in [-0.1, -0.05) is 24.3 Å². The quantitative estimate of drug-likeness (QED) is 0.923. The Kier molecular flexibility index (Phi) is 3.63. The van der Waals surface area contributed by atoms with Crippen molar-refractivity contribution in [3.63, 3.8) is 0 Å². The highest BCUT2D eigenvalue weighted by Crippen LogP contribution is 2.40. The fourth-order valence-corrected chi connectivity index (χ4v) is 2.73. The van der Waals surface area contributed by atoms with Gasteiger partial charge in [0.2, 0.25) is 5.91 Å². The van der Waals surface area contributed by atoms with Crippen molar-refractivity contribution in [2.45, 2.75) is 38.8 Å². The van der Waals surface area contributed by atoms with Crippen molar-refractivity contribution in [3.8, 4) is 0 Å². The van der Waals surface area contributed by atoms with E-state index in [-0.39, 0.29) is 0 Å². The van der Waals surface area contributed by atoms with E-state index in [9.17, 15) is 9.59 Å². The first-order valence-corrected chi connectivity index (χ1v) is 6.77. The number of hydrogen-bond donors (Lipinski definition) is 1. The lowest BCUT2D eigenvalue weighted by molar-refractivity contribution is -0.189. The molecule has 0 saturated heterocycles. The van der Waals surface area contributed by atoms with Crippen LogP contribution in [0.2, 0.25) is 0 Å². The number of amides is 1. The number of nitrogens with two attached hydrogens (primary N) is 1. The Balaban J connectivity index is 2.28. The highest BCUT2D eigenvalue weighted by molar-refractivity contribution is 5.95. The van der Waals surface area contributed by atoms with Gasteiger partial charge in [0.05, 0.1) is 16.6 Å². The average Bonchev–Trinajstić information content (AvgIpc) is 2.59. The maximum atomic E-state index is 12.2. The minimum absolute atomic E-state index is 0.438. The predicted molar refractivity (Wildman–Crippen MR) is 79.1 cm³/mol. The van der Waals surface area contributed by atoms with Crippen molar-refractivity contribution in [2.24, 2.45) is 5.73 Å². The van der Waals surface area contributed by atoms with Crippen LogP contribution in [0, 0.1) is 0 Å². The first-order valence-electron chi connectivity index (χ1n) is 6.77. The molecular formula is C16H20N2O3. The second-order valence-corrected chi connectivity index (χ2v) is 6.17. The van der Waals surface area contributed by atoms with E-state index in [0.29, 0.717) is 11.1 Å². The Labute approximate surface area is 124 Å². The van der Waals surface area contributed by atoms with Crippen LogP contribution >= 0.6 is 0 Å². The Hall–Kier alpha value is -2.14. The van der Waals surface area contributed by atoms with Crippen LogP contribution in [0.25, 0.3) is 0 Å². The summed E-state index contributed by atoms with van der Waals surface area (Å²) in [5.74, 6) is -0.970. The molecule has 2 rings (SSSR count). The molecule has 0 saturated carbocycles. The normalized spacial score (nSPS) is 19.9. The van der Waals surface area contributed by atoms with Gasteiger partial charge in [-0.15, -0.1) is 5.06 Å². The van der Waals surface area contributed by atoms with Gasteiger partial charge in [-0.25, -0.2) is 4.79 Å². The molecule has 1 aromatic rings. The second kappa shape index (κ2) is 5.00. The molecule has 5 nitrogen and oxygen atoms in total. The Morgan fingerprint density at radius 3 is 2.14 bits per heavy atom. The molecule has 0 aliphatic carbocycles. The van der Waals surface area contributed by atoms with E-state index in [0.717, 1.165) is 0 Å².